The second-order valence-corrected chi connectivity index (χ2v) is 5.16. The van der Waals surface area contributed by atoms with E-state index in [2.05, 4.69) is 45.0 Å². The lowest BCUT2D eigenvalue weighted by Gasteiger charge is -2.28. The molecular formula is C14H26N2O. The third-order valence-corrected chi connectivity index (χ3v) is 3.55. The summed E-state index contributed by atoms with van der Waals surface area (Å²) in [5, 5.41) is 3.47. The molecule has 1 N–H and O–H groups in total. The van der Waals surface area contributed by atoms with Crippen molar-refractivity contribution in [3.8, 4) is 0 Å². The van der Waals surface area contributed by atoms with Gasteiger partial charge < -0.3 is 14.6 Å². The van der Waals surface area contributed by atoms with Gasteiger partial charge in [-0.15, -0.1) is 0 Å². The molecule has 0 aliphatic carbocycles. The monoisotopic (exact) mass is 238 g/mol. The van der Waals surface area contributed by atoms with Gasteiger partial charge in [-0.3, -0.25) is 0 Å². The van der Waals surface area contributed by atoms with Gasteiger partial charge in [0.2, 0.25) is 0 Å². The first-order chi connectivity index (χ1) is 8.02. The van der Waals surface area contributed by atoms with Gasteiger partial charge in [0.1, 0.15) is 5.76 Å². The summed E-state index contributed by atoms with van der Waals surface area (Å²) in [6, 6.07) is 4.85. The lowest BCUT2D eigenvalue weighted by molar-refractivity contribution is 0.206. The van der Waals surface area contributed by atoms with E-state index in [1.54, 1.807) is 6.26 Å². The third kappa shape index (κ3) is 4.52. The topological polar surface area (TPSA) is 28.4 Å². The lowest BCUT2D eigenvalue weighted by atomic mass is 10.1. The summed E-state index contributed by atoms with van der Waals surface area (Å²) in [4.78, 5) is 2.40. The SMILES string of the molecule is CC(NCCN(C)C(C)C(C)C)c1ccco1. The van der Waals surface area contributed by atoms with Gasteiger partial charge in [-0.1, -0.05) is 13.8 Å². The first-order valence-electron chi connectivity index (χ1n) is 6.49. The van der Waals surface area contributed by atoms with Gasteiger partial charge in [0.25, 0.3) is 0 Å². The molecular weight excluding hydrogens is 212 g/mol. The van der Waals surface area contributed by atoms with Crippen molar-refractivity contribution in [1.82, 2.24) is 10.2 Å². The minimum absolute atomic E-state index is 0.285. The molecule has 3 heteroatoms. The van der Waals surface area contributed by atoms with Gasteiger partial charge in [0.15, 0.2) is 0 Å². The molecule has 1 heterocycles. The van der Waals surface area contributed by atoms with Gasteiger partial charge in [0.05, 0.1) is 12.3 Å². The van der Waals surface area contributed by atoms with Gasteiger partial charge >= 0.3 is 0 Å². The minimum atomic E-state index is 0.285. The van der Waals surface area contributed by atoms with Crippen molar-refractivity contribution in [2.75, 3.05) is 20.1 Å². The molecule has 1 rings (SSSR count). The Kier molecular flexibility index (Phi) is 5.72. The van der Waals surface area contributed by atoms with E-state index in [4.69, 9.17) is 4.42 Å². The zero-order valence-corrected chi connectivity index (χ0v) is 11.7. The maximum Gasteiger partial charge on any atom is 0.120 e. The fraction of sp³-hybridized carbons (Fsp3) is 0.714. The highest BCUT2D eigenvalue weighted by Gasteiger charge is 2.13. The molecule has 0 saturated heterocycles. The molecule has 17 heavy (non-hydrogen) atoms. The average molecular weight is 238 g/mol. The summed E-state index contributed by atoms with van der Waals surface area (Å²) < 4.78 is 5.36. The average Bonchev–Trinajstić information content (AvgIpc) is 2.80. The molecule has 98 valence electrons. The molecule has 0 fully saturated rings. The van der Waals surface area contributed by atoms with Crippen LogP contribution in [0.3, 0.4) is 0 Å². The molecule has 0 aliphatic heterocycles. The Labute approximate surface area is 105 Å². The number of hydrogen-bond donors (Lipinski definition) is 1. The number of rotatable bonds is 7. The number of nitrogens with one attached hydrogen (secondary N) is 1. The highest BCUT2D eigenvalue weighted by molar-refractivity contribution is 5.02. The van der Waals surface area contributed by atoms with Crippen LogP contribution in [0.25, 0.3) is 0 Å². The number of hydrogen-bond acceptors (Lipinski definition) is 3. The summed E-state index contributed by atoms with van der Waals surface area (Å²) in [6.45, 7) is 11.0. The predicted octanol–water partition coefficient (Wildman–Crippen LogP) is 2.91. The Morgan fingerprint density at radius 3 is 2.53 bits per heavy atom. The number of nitrogens with zero attached hydrogens (tertiary/aromatic N) is 1. The van der Waals surface area contributed by atoms with Crippen LogP contribution in [0.5, 0.6) is 0 Å². The third-order valence-electron chi connectivity index (χ3n) is 3.55. The van der Waals surface area contributed by atoms with Crippen molar-refractivity contribution in [2.24, 2.45) is 5.92 Å². The Balaban J connectivity index is 2.24. The van der Waals surface area contributed by atoms with Crippen LogP contribution in [-0.4, -0.2) is 31.1 Å². The maximum absolute atomic E-state index is 5.36. The van der Waals surface area contributed by atoms with E-state index in [1.807, 2.05) is 12.1 Å². The van der Waals surface area contributed by atoms with Crippen LogP contribution in [0, 0.1) is 5.92 Å². The molecule has 0 saturated carbocycles. The van der Waals surface area contributed by atoms with Gasteiger partial charge in [-0.25, -0.2) is 0 Å². The summed E-state index contributed by atoms with van der Waals surface area (Å²) in [5.41, 5.74) is 0. The normalized spacial score (nSPS) is 15.5. The van der Waals surface area contributed by atoms with Crippen molar-refractivity contribution in [1.29, 1.82) is 0 Å². The van der Waals surface area contributed by atoms with Crippen LogP contribution >= 0.6 is 0 Å². The Bertz CT molecular complexity index is 295. The number of likely N-dealkylation sites (N-methyl/N-ethyl adjacent to an activating group) is 1. The highest BCUT2D eigenvalue weighted by Crippen LogP contribution is 2.12. The summed E-state index contributed by atoms with van der Waals surface area (Å²) in [7, 11) is 2.18. The van der Waals surface area contributed by atoms with E-state index in [0.29, 0.717) is 12.0 Å². The Morgan fingerprint density at radius 2 is 2.00 bits per heavy atom. The summed E-state index contributed by atoms with van der Waals surface area (Å²) in [6.07, 6.45) is 1.72. The second-order valence-electron chi connectivity index (χ2n) is 5.16. The zero-order chi connectivity index (χ0) is 12.8. The van der Waals surface area contributed by atoms with Crippen molar-refractivity contribution in [2.45, 2.75) is 39.8 Å². The van der Waals surface area contributed by atoms with Crippen LogP contribution in [0.2, 0.25) is 0 Å². The van der Waals surface area contributed by atoms with Crippen LogP contribution in [0.1, 0.15) is 39.5 Å². The number of furan rings is 1. The standard InChI is InChI=1S/C14H26N2O/c1-11(2)13(4)16(5)9-8-15-12(3)14-7-6-10-17-14/h6-7,10-13,15H,8-9H2,1-5H3. The quantitative estimate of drug-likeness (QED) is 0.791. The Hall–Kier alpha value is -0.800. The zero-order valence-electron chi connectivity index (χ0n) is 11.7. The summed E-state index contributed by atoms with van der Waals surface area (Å²) in [5.74, 6) is 1.70. The minimum Gasteiger partial charge on any atom is -0.468 e. The van der Waals surface area contributed by atoms with E-state index in [-0.39, 0.29) is 6.04 Å². The van der Waals surface area contributed by atoms with E-state index in [1.165, 1.54) is 0 Å². The second kappa shape index (κ2) is 6.82. The van der Waals surface area contributed by atoms with Crippen LogP contribution in [0.15, 0.2) is 22.8 Å². The fourth-order valence-electron chi connectivity index (χ4n) is 1.81. The van der Waals surface area contributed by atoms with Crippen LogP contribution in [0.4, 0.5) is 0 Å². The first kappa shape index (κ1) is 14.3. The predicted molar refractivity (Wildman–Crippen MR) is 72.1 cm³/mol. The van der Waals surface area contributed by atoms with Gasteiger partial charge in [0, 0.05) is 19.1 Å². The van der Waals surface area contributed by atoms with Crippen LogP contribution < -0.4 is 5.32 Å². The molecule has 2 atom stereocenters. The smallest absolute Gasteiger partial charge is 0.120 e. The van der Waals surface area contributed by atoms with Crippen LogP contribution in [-0.2, 0) is 0 Å². The molecule has 0 aliphatic rings. The van der Waals surface area contributed by atoms with E-state index >= 15 is 0 Å². The molecule has 3 nitrogen and oxygen atoms in total. The van der Waals surface area contributed by atoms with Crippen molar-refractivity contribution < 1.29 is 4.42 Å². The van der Waals surface area contributed by atoms with Crippen molar-refractivity contribution in [3.63, 3.8) is 0 Å². The van der Waals surface area contributed by atoms with E-state index < -0.39 is 0 Å². The lowest BCUT2D eigenvalue weighted by Crippen LogP contribution is -2.38. The van der Waals surface area contributed by atoms with E-state index in [9.17, 15) is 0 Å². The van der Waals surface area contributed by atoms with Gasteiger partial charge in [-0.05, 0) is 38.9 Å². The molecule has 0 radical (unpaired) electrons. The van der Waals surface area contributed by atoms with Crippen molar-refractivity contribution in [3.05, 3.63) is 24.2 Å². The summed E-state index contributed by atoms with van der Waals surface area (Å²) >= 11 is 0. The van der Waals surface area contributed by atoms with Gasteiger partial charge in [-0.2, -0.15) is 0 Å². The molecule has 1 aromatic heterocycles. The molecule has 0 spiro atoms. The molecule has 0 amide bonds. The molecule has 0 aromatic carbocycles. The van der Waals surface area contributed by atoms with E-state index in [0.717, 1.165) is 18.8 Å². The first-order valence-corrected chi connectivity index (χ1v) is 6.49. The Morgan fingerprint density at radius 1 is 1.29 bits per heavy atom. The molecule has 1 aromatic rings. The maximum atomic E-state index is 5.36. The molecule has 2 unspecified atom stereocenters. The van der Waals surface area contributed by atoms with Crippen molar-refractivity contribution >= 4 is 0 Å². The fourth-order valence-corrected chi connectivity index (χ4v) is 1.81. The molecule has 0 bridgehead atoms. The highest BCUT2D eigenvalue weighted by atomic mass is 16.3. The largest absolute Gasteiger partial charge is 0.468 e.